The lowest BCUT2D eigenvalue weighted by molar-refractivity contribution is -0.138. The van der Waals surface area contributed by atoms with E-state index in [9.17, 15) is 9.59 Å². The zero-order chi connectivity index (χ0) is 16.6. The molecule has 1 unspecified atom stereocenters. The molecule has 4 nitrogen and oxygen atoms in total. The van der Waals surface area contributed by atoms with Crippen molar-refractivity contribution in [3.8, 4) is 0 Å². The first kappa shape index (κ1) is 2.47. The van der Waals surface area contributed by atoms with E-state index < -0.39 is 44.4 Å². The van der Waals surface area contributed by atoms with Gasteiger partial charge in [0.15, 0.2) is 0 Å². The van der Waals surface area contributed by atoms with E-state index in [1.54, 1.807) is 0 Å². The van der Waals surface area contributed by atoms with Crippen LogP contribution in [0.3, 0.4) is 0 Å². The van der Waals surface area contributed by atoms with E-state index in [4.69, 9.17) is 17.4 Å². The van der Waals surface area contributed by atoms with Crippen molar-refractivity contribution in [2.24, 2.45) is 5.89 Å². The van der Waals surface area contributed by atoms with Crippen molar-refractivity contribution in [1.29, 1.82) is 0 Å². The lowest BCUT2D eigenvalue weighted by Gasteiger charge is -2.06. The summed E-state index contributed by atoms with van der Waals surface area (Å²) in [4.78, 5) is 22.0. The minimum atomic E-state index is -3.71. The Bertz CT molecular complexity index is 401. The molecule has 0 saturated carbocycles. The number of rotatable bonds is 4. The van der Waals surface area contributed by atoms with E-state index in [1.165, 1.54) is 5.32 Å². The van der Waals surface area contributed by atoms with Crippen LogP contribution in [0.15, 0.2) is 0 Å². The second-order valence-electron chi connectivity index (χ2n) is 1.58. The monoisotopic (exact) mass is 168 g/mol. The van der Waals surface area contributed by atoms with Crippen LogP contribution >= 0.6 is 0 Å². The van der Waals surface area contributed by atoms with Crippen LogP contribution in [0.2, 0.25) is 0 Å². The summed E-state index contributed by atoms with van der Waals surface area (Å²) in [6.07, 6.45) is -3.71. The smallest absolute Gasteiger partial charge is 0.322 e. The van der Waals surface area contributed by atoms with Crippen molar-refractivity contribution < 1.29 is 27.0 Å². The fourth-order valence-electron chi connectivity index (χ4n) is 0.301. The lowest BCUT2D eigenvalue weighted by atomic mass is 10.1. The molecule has 0 radical (unpaired) electrons. The number of hydrogen-bond donors (Lipinski definition) is 2. The maximum atomic E-state index is 11.7. The Morgan fingerprint density at radius 3 is 3.09 bits per heavy atom. The van der Waals surface area contributed by atoms with Gasteiger partial charge in [0.05, 0.1) is 0 Å². The number of amides is 1. The average molecular weight is 168 g/mol. The predicted octanol–water partition coefficient (Wildman–Crippen LogP) is 0.233. The molecule has 0 aliphatic rings. The van der Waals surface area contributed by atoms with Crippen LogP contribution in [0.4, 0.5) is 0 Å². The third-order valence-electron chi connectivity index (χ3n) is 0.752. The van der Waals surface area contributed by atoms with Crippen molar-refractivity contribution >= 4 is 11.9 Å². The van der Waals surface area contributed by atoms with Gasteiger partial charge >= 0.3 is 5.97 Å². The number of carboxylic acid groups (broad SMARTS) is 1. The fourth-order valence-corrected chi connectivity index (χ4v) is 0.301. The standard InChI is InChI=1S/C7H13NO3/c1-3-5(2)7(11)8-4-6(9)10/h5H,3-4H2,1-2H3,(H,8,11)(H,9,10)/i1D3,2D3,3D2,5D. The van der Waals surface area contributed by atoms with Crippen LogP contribution in [-0.4, -0.2) is 23.5 Å². The Kier molecular flexibility index (Phi) is 1.06. The van der Waals surface area contributed by atoms with Crippen LogP contribution in [-0.2, 0) is 9.59 Å². The van der Waals surface area contributed by atoms with E-state index in [0.29, 0.717) is 0 Å². The first-order chi connectivity index (χ1) is 8.59. The minimum absolute atomic E-state index is 1.06. The highest BCUT2D eigenvalue weighted by atomic mass is 16.4. The first-order valence-corrected chi connectivity index (χ1v) is 2.59. The molecule has 0 fully saturated rings. The molecule has 1 atom stereocenters. The zero-order valence-electron chi connectivity index (χ0n) is 14.5. The molecule has 0 aliphatic heterocycles. The van der Waals surface area contributed by atoms with Gasteiger partial charge in [0, 0.05) is 18.2 Å². The Labute approximate surface area is 78.2 Å². The summed E-state index contributed by atoms with van der Waals surface area (Å²) >= 11 is 0. The van der Waals surface area contributed by atoms with Gasteiger partial charge in [0.25, 0.3) is 0 Å². The third-order valence-corrected chi connectivity index (χ3v) is 0.752. The van der Waals surface area contributed by atoms with Crippen molar-refractivity contribution in [2.45, 2.75) is 20.1 Å². The molecule has 64 valence electrons. The molecule has 0 spiro atoms. The molecule has 0 bridgehead atoms. The number of aliphatic carboxylic acids is 1. The first-order valence-electron chi connectivity index (χ1n) is 7.09. The molecule has 4 heteroatoms. The van der Waals surface area contributed by atoms with Gasteiger partial charge in [-0.3, -0.25) is 9.59 Å². The van der Waals surface area contributed by atoms with Crippen LogP contribution in [0.5, 0.6) is 0 Å². The third kappa shape index (κ3) is 4.36. The molecule has 0 heterocycles. The number of nitrogens with one attached hydrogen (secondary N) is 1. The summed E-state index contributed by atoms with van der Waals surface area (Å²) in [6, 6.07) is 0. The van der Waals surface area contributed by atoms with Gasteiger partial charge < -0.3 is 10.4 Å². The summed E-state index contributed by atoms with van der Waals surface area (Å²) in [5.74, 6) is -7.07. The maximum absolute atomic E-state index is 11.7. The second-order valence-corrected chi connectivity index (χ2v) is 1.58. The van der Waals surface area contributed by atoms with Crippen LogP contribution in [0, 0.1) is 5.89 Å². The van der Waals surface area contributed by atoms with Crippen molar-refractivity contribution in [1.82, 2.24) is 5.32 Å². The molecule has 0 aromatic rings. The topological polar surface area (TPSA) is 66.4 Å². The summed E-state index contributed by atoms with van der Waals surface area (Å²) in [6.45, 7) is -8.25. The van der Waals surface area contributed by atoms with Crippen molar-refractivity contribution in [2.75, 3.05) is 6.54 Å². The molecule has 0 rings (SSSR count). The molecule has 11 heavy (non-hydrogen) atoms. The van der Waals surface area contributed by atoms with Crippen molar-refractivity contribution in [3.63, 3.8) is 0 Å². The van der Waals surface area contributed by atoms with Crippen LogP contribution < -0.4 is 5.32 Å². The van der Waals surface area contributed by atoms with Gasteiger partial charge in [-0.1, -0.05) is 13.7 Å². The SMILES string of the molecule is [2H]C([2H])([2H])C([2H])([2H])C([2H])(C(=O)NCC(=O)O)C([2H])([2H])[2H]. The predicted molar refractivity (Wildman–Crippen MR) is 40.1 cm³/mol. The van der Waals surface area contributed by atoms with Gasteiger partial charge in [-0.05, 0) is 6.37 Å². The Balaban J connectivity index is 5.78. The second kappa shape index (κ2) is 4.71. The van der Waals surface area contributed by atoms with Crippen molar-refractivity contribution in [3.05, 3.63) is 0 Å². The summed E-state index contributed by atoms with van der Waals surface area (Å²) in [7, 11) is 0. The van der Waals surface area contributed by atoms with Crippen LogP contribution in [0.1, 0.15) is 32.4 Å². The number of carboxylic acids is 1. The molecule has 0 saturated heterocycles. The highest BCUT2D eigenvalue weighted by Gasteiger charge is 2.10. The van der Waals surface area contributed by atoms with Gasteiger partial charge in [-0.15, -0.1) is 0 Å². The van der Waals surface area contributed by atoms with E-state index in [1.807, 2.05) is 0 Å². The molecular weight excluding hydrogens is 146 g/mol. The Morgan fingerprint density at radius 1 is 1.91 bits per heavy atom. The van der Waals surface area contributed by atoms with E-state index in [0.717, 1.165) is 0 Å². The molecule has 0 aliphatic carbocycles. The highest BCUT2D eigenvalue weighted by Crippen LogP contribution is 1.98. The fraction of sp³-hybridized carbons (Fsp3) is 0.714. The normalized spacial score (nSPS) is 30.7. The quantitative estimate of drug-likeness (QED) is 0.631. The Morgan fingerprint density at radius 2 is 2.64 bits per heavy atom. The summed E-state index contributed by atoms with van der Waals surface area (Å²) in [5.41, 5.74) is 0. The molecule has 0 aromatic heterocycles. The lowest BCUT2D eigenvalue weighted by Crippen LogP contribution is -2.33. The Hall–Kier alpha value is -1.06. The summed E-state index contributed by atoms with van der Waals surface area (Å²) in [5, 5.41) is 9.90. The molecule has 2 N–H and O–H groups in total. The maximum Gasteiger partial charge on any atom is 0.322 e. The molecule has 1 amide bonds. The van der Waals surface area contributed by atoms with Gasteiger partial charge in [-0.25, -0.2) is 0 Å². The highest BCUT2D eigenvalue weighted by molar-refractivity contribution is 5.82. The van der Waals surface area contributed by atoms with Gasteiger partial charge in [0.2, 0.25) is 5.91 Å². The number of carbonyl (C=O) groups excluding carboxylic acids is 1. The van der Waals surface area contributed by atoms with Gasteiger partial charge in [0.1, 0.15) is 6.54 Å². The average Bonchev–Trinajstić information content (AvgIpc) is 2.20. The zero-order valence-corrected chi connectivity index (χ0v) is 5.47. The van der Waals surface area contributed by atoms with E-state index in [-0.39, 0.29) is 0 Å². The number of hydrogen-bond acceptors (Lipinski definition) is 2. The van der Waals surface area contributed by atoms with Crippen LogP contribution in [0.25, 0.3) is 0 Å². The number of carbonyl (C=O) groups is 2. The van der Waals surface area contributed by atoms with E-state index in [2.05, 4.69) is 0 Å². The van der Waals surface area contributed by atoms with Gasteiger partial charge in [-0.2, -0.15) is 0 Å². The largest absolute Gasteiger partial charge is 0.480 e. The summed E-state index contributed by atoms with van der Waals surface area (Å²) < 4.78 is 64.5. The molecule has 0 aromatic carbocycles. The van der Waals surface area contributed by atoms with E-state index >= 15 is 0 Å². The minimum Gasteiger partial charge on any atom is -0.480 e. The molecular formula is C7H13NO3.